The summed E-state index contributed by atoms with van der Waals surface area (Å²) in [6.07, 6.45) is 0. The molecule has 1 aliphatic heterocycles. The second kappa shape index (κ2) is 6.91. The Morgan fingerprint density at radius 2 is 1.68 bits per heavy atom. The van der Waals surface area contributed by atoms with E-state index in [0.29, 0.717) is 17.1 Å². The first-order valence-electron chi connectivity index (χ1n) is 7.83. The van der Waals surface area contributed by atoms with Crippen molar-refractivity contribution < 1.29 is 14.3 Å². The molecular formula is C20H15NO3S. The quantitative estimate of drug-likeness (QED) is 0.734. The van der Waals surface area contributed by atoms with Gasteiger partial charge in [0.25, 0.3) is 5.91 Å². The van der Waals surface area contributed by atoms with E-state index in [1.165, 1.54) is 0 Å². The Labute approximate surface area is 149 Å². The third kappa shape index (κ3) is 3.32. The van der Waals surface area contributed by atoms with Crippen molar-refractivity contribution in [3.63, 3.8) is 0 Å². The minimum atomic E-state index is -0.219. The lowest BCUT2D eigenvalue weighted by atomic mass is 10.1. The van der Waals surface area contributed by atoms with Crippen LogP contribution in [0.3, 0.4) is 0 Å². The molecule has 4 rings (SSSR count). The molecule has 1 amide bonds. The van der Waals surface area contributed by atoms with Crippen LogP contribution in [0.2, 0.25) is 0 Å². The highest BCUT2D eigenvalue weighted by Crippen LogP contribution is 2.37. The highest BCUT2D eigenvalue weighted by molar-refractivity contribution is 7.99. The van der Waals surface area contributed by atoms with Crippen LogP contribution in [0.1, 0.15) is 10.4 Å². The summed E-state index contributed by atoms with van der Waals surface area (Å²) in [6.45, 7) is 0.139. The molecule has 124 valence electrons. The molecule has 0 aromatic heterocycles. The van der Waals surface area contributed by atoms with Crippen molar-refractivity contribution in [2.75, 3.05) is 12.1 Å². The molecule has 3 aromatic rings. The second-order valence-corrected chi connectivity index (χ2v) is 6.52. The first-order chi connectivity index (χ1) is 12.3. The molecule has 0 spiro atoms. The fourth-order valence-electron chi connectivity index (χ4n) is 2.57. The zero-order chi connectivity index (χ0) is 17.1. The maximum Gasteiger partial charge on any atom is 0.259 e. The number of carbonyl (C=O) groups excluding carboxylic acids is 1. The Morgan fingerprint density at radius 1 is 0.880 bits per heavy atom. The maximum absolute atomic E-state index is 12.7. The van der Waals surface area contributed by atoms with Gasteiger partial charge in [0.05, 0.1) is 11.3 Å². The topological polar surface area (TPSA) is 47.6 Å². The van der Waals surface area contributed by atoms with Gasteiger partial charge in [-0.2, -0.15) is 0 Å². The van der Waals surface area contributed by atoms with E-state index in [-0.39, 0.29) is 12.7 Å². The Hall–Kier alpha value is -2.92. The second-order valence-electron chi connectivity index (χ2n) is 5.40. The number of carbonyl (C=O) groups is 1. The maximum atomic E-state index is 12.7. The summed E-state index contributed by atoms with van der Waals surface area (Å²) in [5.74, 6) is 0.872. The van der Waals surface area contributed by atoms with Gasteiger partial charge in [-0.3, -0.25) is 4.79 Å². The normalized spacial score (nSPS) is 12.0. The van der Waals surface area contributed by atoms with Crippen LogP contribution in [0.4, 0.5) is 5.69 Å². The molecule has 3 aromatic carbocycles. The number of hydrogen-bond donors (Lipinski definition) is 1. The van der Waals surface area contributed by atoms with E-state index in [1.807, 2.05) is 54.6 Å². The van der Waals surface area contributed by atoms with Crippen LogP contribution in [-0.2, 0) is 0 Å². The van der Waals surface area contributed by atoms with Crippen LogP contribution in [-0.4, -0.2) is 12.7 Å². The van der Waals surface area contributed by atoms with Gasteiger partial charge in [-0.25, -0.2) is 0 Å². The van der Waals surface area contributed by atoms with E-state index in [1.54, 1.807) is 30.0 Å². The van der Waals surface area contributed by atoms with Gasteiger partial charge in [0.15, 0.2) is 11.5 Å². The minimum absolute atomic E-state index is 0.139. The van der Waals surface area contributed by atoms with E-state index < -0.39 is 0 Å². The lowest BCUT2D eigenvalue weighted by Crippen LogP contribution is -2.13. The predicted octanol–water partition coefficient (Wildman–Crippen LogP) is 4.82. The summed E-state index contributed by atoms with van der Waals surface area (Å²) in [5.41, 5.74) is 1.23. The average molecular weight is 349 g/mol. The average Bonchev–Trinajstić information content (AvgIpc) is 3.13. The van der Waals surface area contributed by atoms with Crippen molar-refractivity contribution in [1.82, 2.24) is 0 Å². The molecule has 1 heterocycles. The number of ether oxygens (including phenoxy) is 2. The van der Waals surface area contributed by atoms with E-state index in [2.05, 4.69) is 5.32 Å². The third-order valence-electron chi connectivity index (χ3n) is 3.75. The van der Waals surface area contributed by atoms with Crippen LogP contribution in [0, 0.1) is 0 Å². The number of anilines is 1. The molecule has 5 heteroatoms. The first kappa shape index (κ1) is 15.6. The molecule has 0 radical (unpaired) electrons. The van der Waals surface area contributed by atoms with Gasteiger partial charge < -0.3 is 14.8 Å². The van der Waals surface area contributed by atoms with Crippen LogP contribution < -0.4 is 14.8 Å². The largest absolute Gasteiger partial charge is 0.454 e. The van der Waals surface area contributed by atoms with Gasteiger partial charge in [-0.1, -0.05) is 48.2 Å². The number of benzene rings is 3. The van der Waals surface area contributed by atoms with Gasteiger partial charge in [-0.15, -0.1) is 0 Å². The molecule has 0 unspecified atom stereocenters. The summed E-state index contributed by atoms with van der Waals surface area (Å²) in [6, 6.07) is 23.1. The smallest absolute Gasteiger partial charge is 0.259 e. The standard InChI is InChI=1S/C20H15NO3S/c22-20(15-9-6-11-17-19(15)24-13-23-17)21-16-10-4-5-12-18(16)25-14-7-2-1-3-8-14/h1-12H,13H2,(H,21,22). The summed E-state index contributed by atoms with van der Waals surface area (Å²) in [4.78, 5) is 14.8. The van der Waals surface area contributed by atoms with Crippen molar-refractivity contribution in [1.29, 1.82) is 0 Å². The molecule has 25 heavy (non-hydrogen) atoms. The fourth-order valence-corrected chi connectivity index (χ4v) is 3.50. The lowest BCUT2D eigenvalue weighted by molar-refractivity contribution is 0.102. The van der Waals surface area contributed by atoms with Crippen molar-refractivity contribution in [3.05, 3.63) is 78.4 Å². The van der Waals surface area contributed by atoms with Crippen LogP contribution >= 0.6 is 11.8 Å². The van der Waals surface area contributed by atoms with Crippen molar-refractivity contribution >= 4 is 23.4 Å². The molecular weight excluding hydrogens is 334 g/mol. The van der Waals surface area contributed by atoms with E-state index in [9.17, 15) is 4.79 Å². The van der Waals surface area contributed by atoms with Crippen LogP contribution in [0.25, 0.3) is 0 Å². The molecule has 1 aliphatic rings. The summed E-state index contributed by atoms with van der Waals surface area (Å²) < 4.78 is 10.8. The van der Waals surface area contributed by atoms with Gasteiger partial charge >= 0.3 is 0 Å². The van der Waals surface area contributed by atoms with Crippen molar-refractivity contribution in [2.45, 2.75) is 9.79 Å². The molecule has 0 saturated heterocycles. The molecule has 0 aliphatic carbocycles. The van der Waals surface area contributed by atoms with Crippen molar-refractivity contribution in [3.8, 4) is 11.5 Å². The monoisotopic (exact) mass is 349 g/mol. The fraction of sp³-hybridized carbons (Fsp3) is 0.0500. The number of nitrogens with one attached hydrogen (secondary N) is 1. The molecule has 4 nitrogen and oxygen atoms in total. The Bertz CT molecular complexity index is 912. The number of fused-ring (bicyclic) bond motifs is 1. The van der Waals surface area contributed by atoms with Gasteiger partial charge in [-0.05, 0) is 36.4 Å². The molecule has 0 fully saturated rings. The van der Waals surface area contributed by atoms with E-state index >= 15 is 0 Å². The molecule has 1 N–H and O–H groups in total. The number of para-hydroxylation sites is 2. The first-order valence-corrected chi connectivity index (χ1v) is 8.65. The van der Waals surface area contributed by atoms with Gasteiger partial charge in [0.2, 0.25) is 6.79 Å². The van der Waals surface area contributed by atoms with Crippen LogP contribution in [0.15, 0.2) is 82.6 Å². The van der Waals surface area contributed by atoms with Gasteiger partial charge in [0.1, 0.15) is 0 Å². The SMILES string of the molecule is O=C(Nc1ccccc1Sc1ccccc1)c1cccc2c1OCO2. The molecule has 0 saturated carbocycles. The summed E-state index contributed by atoms with van der Waals surface area (Å²) in [7, 11) is 0. The van der Waals surface area contributed by atoms with E-state index in [0.717, 1.165) is 15.5 Å². The number of amides is 1. The zero-order valence-corrected chi connectivity index (χ0v) is 14.1. The highest BCUT2D eigenvalue weighted by Gasteiger charge is 2.22. The molecule has 0 bridgehead atoms. The Morgan fingerprint density at radius 3 is 2.56 bits per heavy atom. The Balaban J connectivity index is 1.59. The predicted molar refractivity (Wildman–Crippen MR) is 97.5 cm³/mol. The zero-order valence-electron chi connectivity index (χ0n) is 13.3. The van der Waals surface area contributed by atoms with Crippen LogP contribution in [0.5, 0.6) is 11.5 Å². The summed E-state index contributed by atoms with van der Waals surface area (Å²) >= 11 is 1.61. The lowest BCUT2D eigenvalue weighted by Gasteiger charge is -2.11. The highest BCUT2D eigenvalue weighted by atomic mass is 32.2. The summed E-state index contributed by atoms with van der Waals surface area (Å²) in [5, 5.41) is 2.98. The number of rotatable bonds is 4. The van der Waals surface area contributed by atoms with Gasteiger partial charge in [0, 0.05) is 9.79 Å². The van der Waals surface area contributed by atoms with Crippen molar-refractivity contribution in [2.24, 2.45) is 0 Å². The Kier molecular flexibility index (Phi) is 4.31. The minimum Gasteiger partial charge on any atom is -0.454 e. The third-order valence-corrected chi connectivity index (χ3v) is 4.83. The molecule has 0 atom stereocenters. The number of hydrogen-bond acceptors (Lipinski definition) is 4. The van der Waals surface area contributed by atoms with E-state index in [4.69, 9.17) is 9.47 Å².